The number of rotatable bonds is 9. The van der Waals surface area contributed by atoms with Crippen LogP contribution in [0.15, 0.2) is 48.5 Å². The van der Waals surface area contributed by atoms with E-state index < -0.39 is 5.97 Å². The van der Waals surface area contributed by atoms with Gasteiger partial charge in [0.1, 0.15) is 5.82 Å². The minimum Gasteiger partial charge on any atom is -0.478 e. The molecule has 1 N–H and O–H groups in total. The highest BCUT2D eigenvalue weighted by Gasteiger charge is 2.17. The van der Waals surface area contributed by atoms with Gasteiger partial charge in [0.2, 0.25) is 11.6 Å². The first-order valence-corrected chi connectivity index (χ1v) is 10.3. The van der Waals surface area contributed by atoms with Gasteiger partial charge in [0.25, 0.3) is 0 Å². The number of hydrogen-bond acceptors (Lipinski definition) is 4. The van der Waals surface area contributed by atoms with Crippen molar-refractivity contribution in [2.75, 3.05) is 0 Å². The molecule has 0 saturated carbocycles. The Morgan fingerprint density at radius 1 is 1.07 bits per heavy atom. The van der Waals surface area contributed by atoms with Gasteiger partial charge < -0.3 is 5.11 Å². The summed E-state index contributed by atoms with van der Waals surface area (Å²) in [7, 11) is 0. The average Bonchev–Trinajstić information content (AvgIpc) is 3.10. The van der Waals surface area contributed by atoms with Crippen LogP contribution in [0.25, 0.3) is 11.1 Å². The van der Waals surface area contributed by atoms with E-state index in [1.165, 1.54) is 0 Å². The van der Waals surface area contributed by atoms with Crippen molar-refractivity contribution in [3.05, 3.63) is 71.3 Å². The fraction of sp³-hybridized carbons (Fsp3) is 0.333. The van der Waals surface area contributed by atoms with Crippen LogP contribution in [0, 0.1) is 5.92 Å². The SMILES string of the molecule is CCCC(=O)c1nc(CC(C)C)n(Cc2ccc(-c3ccccc3C(=O)O)cc2)n1. The molecule has 2 aromatic carbocycles. The van der Waals surface area contributed by atoms with Crippen molar-refractivity contribution in [3.8, 4) is 11.1 Å². The molecule has 0 unspecified atom stereocenters. The second-order valence-corrected chi connectivity index (χ2v) is 7.83. The van der Waals surface area contributed by atoms with Crippen molar-refractivity contribution in [3.63, 3.8) is 0 Å². The fourth-order valence-corrected chi connectivity index (χ4v) is 3.36. The smallest absolute Gasteiger partial charge is 0.336 e. The number of ketones is 1. The molecule has 0 radical (unpaired) electrons. The molecule has 0 bridgehead atoms. The van der Waals surface area contributed by atoms with Gasteiger partial charge in [-0.1, -0.05) is 63.2 Å². The van der Waals surface area contributed by atoms with Crippen molar-refractivity contribution in [1.82, 2.24) is 14.8 Å². The zero-order chi connectivity index (χ0) is 21.7. The minimum absolute atomic E-state index is 0.0260. The lowest BCUT2D eigenvalue weighted by Gasteiger charge is -2.10. The first-order valence-electron chi connectivity index (χ1n) is 10.3. The van der Waals surface area contributed by atoms with Crippen LogP contribution in [0.3, 0.4) is 0 Å². The van der Waals surface area contributed by atoms with E-state index in [1.54, 1.807) is 12.1 Å². The highest BCUT2D eigenvalue weighted by molar-refractivity contribution is 5.96. The second-order valence-electron chi connectivity index (χ2n) is 7.83. The maximum atomic E-state index is 12.3. The number of carbonyl (C=O) groups is 2. The number of nitrogens with zero attached hydrogens (tertiary/aromatic N) is 3. The van der Waals surface area contributed by atoms with E-state index in [9.17, 15) is 14.7 Å². The molecule has 3 rings (SSSR count). The topological polar surface area (TPSA) is 85.1 Å². The number of aromatic nitrogens is 3. The zero-order valence-electron chi connectivity index (χ0n) is 17.6. The second kappa shape index (κ2) is 9.48. The monoisotopic (exact) mass is 405 g/mol. The lowest BCUT2D eigenvalue weighted by molar-refractivity contribution is 0.0697. The molecule has 156 valence electrons. The van der Waals surface area contributed by atoms with Gasteiger partial charge in [-0.3, -0.25) is 4.79 Å². The van der Waals surface area contributed by atoms with Crippen LogP contribution in [0.5, 0.6) is 0 Å². The number of carbonyl (C=O) groups excluding carboxylic acids is 1. The van der Waals surface area contributed by atoms with Crippen LogP contribution >= 0.6 is 0 Å². The van der Waals surface area contributed by atoms with E-state index in [1.807, 2.05) is 48.0 Å². The number of carboxylic acids is 1. The van der Waals surface area contributed by atoms with Gasteiger partial charge in [0.15, 0.2) is 0 Å². The van der Waals surface area contributed by atoms with E-state index in [4.69, 9.17) is 0 Å². The van der Waals surface area contributed by atoms with Gasteiger partial charge in [0.05, 0.1) is 12.1 Å². The molecule has 0 aliphatic carbocycles. The van der Waals surface area contributed by atoms with E-state index in [0.717, 1.165) is 29.8 Å². The summed E-state index contributed by atoms with van der Waals surface area (Å²) in [5.41, 5.74) is 2.82. The van der Waals surface area contributed by atoms with Crippen molar-refractivity contribution in [2.45, 2.75) is 46.6 Å². The van der Waals surface area contributed by atoms with Crippen molar-refractivity contribution in [2.24, 2.45) is 5.92 Å². The first-order chi connectivity index (χ1) is 14.4. The van der Waals surface area contributed by atoms with Crippen molar-refractivity contribution in [1.29, 1.82) is 0 Å². The molecule has 0 atom stereocenters. The van der Waals surface area contributed by atoms with Crippen LogP contribution in [-0.2, 0) is 13.0 Å². The van der Waals surface area contributed by atoms with Crippen LogP contribution in [0.4, 0.5) is 0 Å². The van der Waals surface area contributed by atoms with Gasteiger partial charge in [-0.15, -0.1) is 5.10 Å². The number of hydrogen-bond donors (Lipinski definition) is 1. The maximum absolute atomic E-state index is 12.3. The third-order valence-electron chi connectivity index (χ3n) is 4.82. The summed E-state index contributed by atoms with van der Waals surface area (Å²) in [6, 6.07) is 14.7. The molecule has 0 aliphatic rings. The highest BCUT2D eigenvalue weighted by Crippen LogP contribution is 2.24. The maximum Gasteiger partial charge on any atom is 0.336 e. The van der Waals surface area contributed by atoms with Crippen LogP contribution in [0.2, 0.25) is 0 Å². The Morgan fingerprint density at radius 3 is 2.40 bits per heavy atom. The molecule has 1 aromatic heterocycles. The van der Waals surface area contributed by atoms with E-state index in [0.29, 0.717) is 30.3 Å². The molecular weight excluding hydrogens is 378 g/mol. The molecule has 0 aliphatic heterocycles. The molecule has 1 heterocycles. The Balaban J connectivity index is 1.86. The Bertz CT molecular complexity index is 1040. The zero-order valence-corrected chi connectivity index (χ0v) is 17.6. The minimum atomic E-state index is -0.945. The summed E-state index contributed by atoms with van der Waals surface area (Å²) < 4.78 is 1.81. The van der Waals surface area contributed by atoms with E-state index >= 15 is 0 Å². The van der Waals surface area contributed by atoms with Crippen molar-refractivity contribution < 1.29 is 14.7 Å². The third kappa shape index (κ3) is 5.00. The van der Waals surface area contributed by atoms with Crippen molar-refractivity contribution >= 4 is 11.8 Å². The van der Waals surface area contributed by atoms with Gasteiger partial charge in [-0.25, -0.2) is 14.5 Å². The molecule has 30 heavy (non-hydrogen) atoms. The molecule has 6 nitrogen and oxygen atoms in total. The molecular formula is C24H27N3O3. The molecule has 0 fully saturated rings. The van der Waals surface area contributed by atoms with Gasteiger partial charge in [-0.05, 0) is 35.1 Å². The average molecular weight is 405 g/mol. The largest absolute Gasteiger partial charge is 0.478 e. The predicted octanol–water partition coefficient (Wildman–Crippen LogP) is 4.87. The van der Waals surface area contributed by atoms with Gasteiger partial charge in [0, 0.05) is 12.8 Å². The van der Waals surface area contributed by atoms with Crippen LogP contribution in [0.1, 0.15) is 66.0 Å². The Hall–Kier alpha value is -3.28. The normalized spacial score (nSPS) is 11.1. The number of Topliss-reactive ketones (excluding diaryl/α,β-unsaturated/α-hetero) is 1. The number of benzene rings is 2. The Labute approximate surface area is 176 Å². The number of carboxylic acid groups (broad SMARTS) is 1. The van der Waals surface area contributed by atoms with Gasteiger partial charge >= 0.3 is 5.97 Å². The van der Waals surface area contributed by atoms with Gasteiger partial charge in [-0.2, -0.15) is 0 Å². The fourth-order valence-electron chi connectivity index (χ4n) is 3.36. The molecule has 6 heteroatoms. The quantitative estimate of drug-likeness (QED) is 0.513. The molecule has 0 saturated heterocycles. The molecule has 3 aromatic rings. The predicted molar refractivity (Wildman–Crippen MR) is 116 cm³/mol. The summed E-state index contributed by atoms with van der Waals surface area (Å²) in [5, 5.41) is 13.9. The summed E-state index contributed by atoms with van der Waals surface area (Å²) in [6.07, 6.45) is 1.96. The summed E-state index contributed by atoms with van der Waals surface area (Å²) in [4.78, 5) is 28.2. The first kappa shape index (κ1) is 21.4. The molecule has 0 amide bonds. The Morgan fingerprint density at radius 2 is 1.77 bits per heavy atom. The Kier molecular flexibility index (Phi) is 6.77. The van der Waals surface area contributed by atoms with E-state index in [-0.39, 0.29) is 11.3 Å². The molecule has 0 spiro atoms. The summed E-state index contributed by atoms with van der Waals surface area (Å²) in [6.45, 7) is 6.70. The number of aromatic carboxylic acids is 1. The van der Waals surface area contributed by atoms with Crippen LogP contribution < -0.4 is 0 Å². The summed E-state index contributed by atoms with van der Waals surface area (Å²) >= 11 is 0. The third-order valence-corrected chi connectivity index (χ3v) is 4.82. The summed E-state index contributed by atoms with van der Waals surface area (Å²) in [5.74, 6) is 0.531. The highest BCUT2D eigenvalue weighted by atomic mass is 16.4. The standard InChI is InChI=1S/C24H27N3O3/c1-4-7-21(28)23-25-22(14-16(2)3)27(26-23)15-17-10-12-18(13-11-17)19-8-5-6-9-20(19)24(29)30/h5-6,8-13,16H,4,7,14-15H2,1-3H3,(H,29,30). The lowest BCUT2D eigenvalue weighted by atomic mass is 9.99. The lowest BCUT2D eigenvalue weighted by Crippen LogP contribution is -2.09. The van der Waals surface area contributed by atoms with Crippen LogP contribution in [-0.4, -0.2) is 31.6 Å². The van der Waals surface area contributed by atoms with E-state index in [2.05, 4.69) is 23.9 Å².